The monoisotopic (exact) mass is 545 g/mol. The smallest absolute Gasteiger partial charge is 0.0264 e. The van der Waals surface area contributed by atoms with Crippen molar-refractivity contribution >= 4 is 0 Å². The van der Waals surface area contributed by atoms with Gasteiger partial charge in [-0.25, -0.2) is 0 Å². The molecular formula is C39H76. The Bertz CT molecular complexity index is 646. The van der Waals surface area contributed by atoms with Gasteiger partial charge in [-0.15, -0.1) is 13.2 Å². The van der Waals surface area contributed by atoms with Crippen LogP contribution in [0, 0.1) is 58.2 Å². The molecule has 0 heterocycles. The van der Waals surface area contributed by atoms with E-state index in [0.29, 0.717) is 10.8 Å². The van der Waals surface area contributed by atoms with Gasteiger partial charge in [0.25, 0.3) is 0 Å². The summed E-state index contributed by atoms with van der Waals surface area (Å²) >= 11 is 0. The summed E-state index contributed by atoms with van der Waals surface area (Å²) in [5.74, 6) is 7.83. The second-order valence-electron chi connectivity index (χ2n) is 13.7. The summed E-state index contributed by atoms with van der Waals surface area (Å²) in [5.41, 5.74) is 2.79. The molecule has 0 spiro atoms. The van der Waals surface area contributed by atoms with Gasteiger partial charge < -0.3 is 0 Å². The van der Waals surface area contributed by atoms with Crippen molar-refractivity contribution < 1.29 is 0 Å². The van der Waals surface area contributed by atoms with Gasteiger partial charge in [-0.2, -0.15) is 0 Å². The van der Waals surface area contributed by atoms with Crippen LogP contribution >= 0.6 is 0 Å². The van der Waals surface area contributed by atoms with Gasteiger partial charge in [0.15, 0.2) is 0 Å². The van der Waals surface area contributed by atoms with Crippen molar-refractivity contribution in [3.63, 3.8) is 0 Å². The van der Waals surface area contributed by atoms with E-state index in [9.17, 15) is 0 Å². The van der Waals surface area contributed by atoms with Gasteiger partial charge >= 0.3 is 0 Å². The lowest BCUT2D eigenvalue weighted by molar-refractivity contribution is -0.142. The Hall–Kier alpha value is -0.520. The first-order valence-corrected chi connectivity index (χ1v) is 17.9. The molecule has 0 radical (unpaired) electrons. The standard InChI is InChI=1S/C31H54.3C2H6.C2H4/c1-8-9-10-21(2)11-12-23(4)26-13-14-27-29-24(5)20-25-19-22(3)15-17-30(25,6)28(29)16-18-31(26,27)7;4*1-2/h22-29H,2,8-20H2,1,3-7H3;3*1-2H3;1-2H2. The molecule has 10 atom stereocenters. The van der Waals surface area contributed by atoms with Crippen molar-refractivity contribution in [1.29, 1.82) is 0 Å². The molecule has 0 N–H and O–H groups in total. The molecule has 4 saturated carbocycles. The molecule has 4 rings (SSSR count). The highest BCUT2D eigenvalue weighted by molar-refractivity contribution is 5.11. The molecular weight excluding hydrogens is 468 g/mol. The fourth-order valence-electron chi connectivity index (χ4n) is 10.0. The van der Waals surface area contributed by atoms with E-state index < -0.39 is 0 Å². The summed E-state index contributed by atoms with van der Waals surface area (Å²) < 4.78 is 0. The minimum absolute atomic E-state index is 0.616. The van der Waals surface area contributed by atoms with E-state index in [2.05, 4.69) is 61.3 Å². The molecule has 39 heavy (non-hydrogen) atoms. The molecule has 0 amide bonds. The van der Waals surface area contributed by atoms with Crippen LogP contribution in [0.5, 0.6) is 0 Å². The van der Waals surface area contributed by atoms with Gasteiger partial charge in [0, 0.05) is 0 Å². The van der Waals surface area contributed by atoms with Crippen LogP contribution in [-0.2, 0) is 0 Å². The lowest BCUT2D eigenvalue weighted by Gasteiger charge is -2.63. The number of hydrogen-bond donors (Lipinski definition) is 0. The van der Waals surface area contributed by atoms with Crippen LogP contribution in [0.15, 0.2) is 25.3 Å². The largest absolute Gasteiger partial charge is 0.106 e. The van der Waals surface area contributed by atoms with Crippen LogP contribution in [-0.4, -0.2) is 0 Å². The highest BCUT2D eigenvalue weighted by atomic mass is 14.7. The normalized spacial score (nSPS) is 38.6. The number of hydrogen-bond acceptors (Lipinski definition) is 0. The van der Waals surface area contributed by atoms with Crippen LogP contribution in [0.3, 0.4) is 0 Å². The second-order valence-corrected chi connectivity index (χ2v) is 13.7. The van der Waals surface area contributed by atoms with Crippen LogP contribution in [0.4, 0.5) is 0 Å². The van der Waals surface area contributed by atoms with Gasteiger partial charge in [-0.3, -0.25) is 0 Å². The molecule has 232 valence electrons. The molecule has 0 nitrogen and oxygen atoms in total. The quantitative estimate of drug-likeness (QED) is 0.279. The molecule has 0 aromatic heterocycles. The second kappa shape index (κ2) is 18.8. The fourth-order valence-corrected chi connectivity index (χ4v) is 10.0. The van der Waals surface area contributed by atoms with Crippen LogP contribution in [0.2, 0.25) is 0 Å². The molecule has 0 heteroatoms. The summed E-state index contributed by atoms with van der Waals surface area (Å²) in [4.78, 5) is 0. The SMILES string of the molecule is C=C.C=C(CCCC)CCC(C)C1CCC2C3C(C)CC4CC(C)CCC4(C)C3CCC12C.CC.CC.CC. The summed E-state index contributed by atoms with van der Waals surface area (Å²) in [6.07, 6.45) is 18.7. The van der Waals surface area contributed by atoms with Crippen molar-refractivity contribution in [2.24, 2.45) is 58.2 Å². The summed E-state index contributed by atoms with van der Waals surface area (Å²) in [6.45, 7) is 38.0. The fraction of sp³-hybridized carbons (Fsp3) is 0.897. The van der Waals surface area contributed by atoms with Gasteiger partial charge in [-0.05, 0) is 129 Å². The zero-order chi connectivity index (χ0) is 30.4. The lowest BCUT2D eigenvalue weighted by atomic mass is 9.42. The summed E-state index contributed by atoms with van der Waals surface area (Å²) in [6, 6.07) is 0. The minimum atomic E-state index is 0.616. The van der Waals surface area contributed by atoms with E-state index in [4.69, 9.17) is 0 Å². The van der Waals surface area contributed by atoms with Gasteiger partial charge in [0.2, 0.25) is 0 Å². The molecule has 4 aliphatic rings. The van der Waals surface area contributed by atoms with Gasteiger partial charge in [0.1, 0.15) is 0 Å². The maximum Gasteiger partial charge on any atom is -0.0264 e. The average molecular weight is 545 g/mol. The lowest BCUT2D eigenvalue weighted by Crippen LogP contribution is -2.56. The van der Waals surface area contributed by atoms with E-state index in [1.54, 1.807) is 0 Å². The first-order valence-electron chi connectivity index (χ1n) is 17.9. The van der Waals surface area contributed by atoms with Crippen molar-refractivity contribution in [2.45, 2.75) is 167 Å². The Morgan fingerprint density at radius 3 is 1.95 bits per heavy atom. The number of allylic oxidation sites excluding steroid dienone is 1. The average Bonchev–Trinajstić information content (AvgIpc) is 3.33. The van der Waals surface area contributed by atoms with Crippen molar-refractivity contribution in [1.82, 2.24) is 0 Å². The summed E-state index contributed by atoms with van der Waals surface area (Å²) in [7, 11) is 0. The van der Waals surface area contributed by atoms with Crippen LogP contribution in [0.25, 0.3) is 0 Å². The predicted molar refractivity (Wildman–Crippen MR) is 181 cm³/mol. The van der Waals surface area contributed by atoms with Gasteiger partial charge in [-0.1, -0.05) is 108 Å². The predicted octanol–water partition coefficient (Wildman–Crippen LogP) is 13.6. The zero-order valence-corrected chi connectivity index (χ0v) is 29.4. The molecule has 0 bridgehead atoms. The molecule has 4 fully saturated rings. The Labute approximate surface area is 249 Å². The zero-order valence-electron chi connectivity index (χ0n) is 29.4. The third-order valence-electron chi connectivity index (χ3n) is 11.9. The van der Waals surface area contributed by atoms with Crippen LogP contribution < -0.4 is 0 Å². The van der Waals surface area contributed by atoms with Crippen molar-refractivity contribution in [3.05, 3.63) is 25.3 Å². The topological polar surface area (TPSA) is 0 Å². The maximum atomic E-state index is 4.40. The molecule has 10 unspecified atom stereocenters. The van der Waals surface area contributed by atoms with E-state index in [1.807, 2.05) is 41.5 Å². The van der Waals surface area contributed by atoms with E-state index in [-0.39, 0.29) is 0 Å². The third kappa shape index (κ3) is 8.74. The minimum Gasteiger partial charge on any atom is -0.106 e. The highest BCUT2D eigenvalue weighted by Crippen LogP contribution is 2.69. The van der Waals surface area contributed by atoms with E-state index >= 15 is 0 Å². The first-order chi connectivity index (χ1) is 18.7. The molecule has 4 aliphatic carbocycles. The van der Waals surface area contributed by atoms with Crippen LogP contribution in [0.1, 0.15) is 167 Å². The summed E-state index contributed by atoms with van der Waals surface area (Å²) in [5, 5.41) is 0. The highest BCUT2D eigenvalue weighted by Gasteiger charge is 2.61. The Kier molecular flexibility index (Phi) is 18.6. The maximum absolute atomic E-state index is 4.40. The van der Waals surface area contributed by atoms with Gasteiger partial charge in [0.05, 0.1) is 0 Å². The van der Waals surface area contributed by atoms with E-state index in [1.165, 1.54) is 89.0 Å². The first kappa shape index (κ1) is 38.5. The Balaban J connectivity index is 0.00000166. The Morgan fingerprint density at radius 2 is 1.36 bits per heavy atom. The van der Waals surface area contributed by atoms with Crippen molar-refractivity contribution in [3.8, 4) is 0 Å². The number of unbranched alkanes of at least 4 members (excludes halogenated alkanes) is 1. The van der Waals surface area contributed by atoms with E-state index in [0.717, 1.165) is 47.3 Å². The molecule has 0 aliphatic heterocycles. The molecule has 0 saturated heterocycles. The third-order valence-corrected chi connectivity index (χ3v) is 11.9. The number of rotatable bonds is 7. The molecule has 0 aromatic carbocycles. The van der Waals surface area contributed by atoms with Crippen molar-refractivity contribution in [2.75, 3.05) is 0 Å². The Morgan fingerprint density at radius 1 is 0.795 bits per heavy atom. The molecule has 0 aromatic rings. The number of fused-ring (bicyclic) bond motifs is 5.